The maximum Gasteiger partial charge on any atom is 0.336 e. The number of nitrogens with one attached hydrogen (secondary N) is 1. The van der Waals surface area contributed by atoms with Crippen LogP contribution in [-0.2, 0) is 16.2 Å². The molecule has 178 valence electrons. The summed E-state index contributed by atoms with van der Waals surface area (Å²) in [4.78, 5) is 38.7. The standard InChI is InChI=1S/C27H23FN2O5/c1-16-8-9-18(12-17(16)2)15-35-24-14-20(34-3)11-10-19(24)13-21-25(31)29-27(33)30(26(21)32)23-7-5-4-6-22(23)28/h4-14H,15H2,1-3H3,(H,29,31,33)/b21-13-. The van der Waals surface area contributed by atoms with Crippen LogP contribution in [0.4, 0.5) is 14.9 Å². The molecule has 0 radical (unpaired) electrons. The van der Waals surface area contributed by atoms with Gasteiger partial charge in [-0.1, -0.05) is 30.3 Å². The van der Waals surface area contributed by atoms with Gasteiger partial charge in [0.1, 0.15) is 29.5 Å². The lowest BCUT2D eigenvalue weighted by Gasteiger charge is -2.26. The number of aryl methyl sites for hydroxylation is 2. The quantitative estimate of drug-likeness (QED) is 0.414. The van der Waals surface area contributed by atoms with Crippen LogP contribution in [0.25, 0.3) is 6.08 Å². The SMILES string of the molecule is COc1ccc(/C=C2/C(=O)NC(=O)N(c3ccccc3F)C2=O)c(OCc2ccc(C)c(C)c2)c1. The fraction of sp³-hybridized carbons (Fsp3) is 0.148. The average Bonchev–Trinajstić information content (AvgIpc) is 2.84. The number of barbiturate groups is 1. The van der Waals surface area contributed by atoms with E-state index in [9.17, 15) is 18.8 Å². The van der Waals surface area contributed by atoms with Crippen molar-refractivity contribution in [3.05, 3.63) is 94.3 Å². The van der Waals surface area contributed by atoms with Crippen LogP contribution in [0.2, 0.25) is 0 Å². The second-order valence-electron chi connectivity index (χ2n) is 8.02. The first-order valence-electron chi connectivity index (χ1n) is 10.8. The first-order valence-corrected chi connectivity index (χ1v) is 10.8. The molecule has 1 heterocycles. The number of nitrogens with zero attached hydrogens (tertiary/aromatic N) is 1. The third-order valence-electron chi connectivity index (χ3n) is 5.68. The number of carbonyl (C=O) groups excluding carboxylic acids is 3. The first kappa shape index (κ1) is 23.7. The Balaban J connectivity index is 1.69. The lowest BCUT2D eigenvalue weighted by Crippen LogP contribution is -2.54. The molecule has 4 amide bonds. The molecule has 0 saturated carbocycles. The van der Waals surface area contributed by atoms with E-state index >= 15 is 0 Å². The number of ether oxygens (including phenoxy) is 2. The minimum absolute atomic E-state index is 0.241. The topological polar surface area (TPSA) is 84.9 Å². The molecule has 3 aromatic rings. The molecule has 8 heteroatoms. The second-order valence-corrected chi connectivity index (χ2v) is 8.02. The zero-order chi connectivity index (χ0) is 25.1. The van der Waals surface area contributed by atoms with E-state index in [0.29, 0.717) is 22.0 Å². The lowest BCUT2D eigenvalue weighted by molar-refractivity contribution is -0.122. The molecule has 35 heavy (non-hydrogen) atoms. The van der Waals surface area contributed by atoms with Gasteiger partial charge >= 0.3 is 6.03 Å². The first-order chi connectivity index (χ1) is 16.8. The zero-order valence-electron chi connectivity index (χ0n) is 19.4. The Morgan fingerprint density at radius 3 is 2.46 bits per heavy atom. The molecular weight excluding hydrogens is 451 g/mol. The number of carbonyl (C=O) groups is 3. The van der Waals surface area contributed by atoms with Crippen LogP contribution in [-0.4, -0.2) is 25.0 Å². The number of imide groups is 2. The van der Waals surface area contributed by atoms with Gasteiger partial charge in [-0.15, -0.1) is 0 Å². The summed E-state index contributed by atoms with van der Waals surface area (Å²) in [5, 5.41) is 2.09. The number of para-hydroxylation sites is 1. The summed E-state index contributed by atoms with van der Waals surface area (Å²) in [5.74, 6) is -1.72. The number of urea groups is 1. The van der Waals surface area contributed by atoms with Gasteiger partial charge in [-0.25, -0.2) is 14.1 Å². The van der Waals surface area contributed by atoms with Gasteiger partial charge < -0.3 is 9.47 Å². The number of methoxy groups -OCH3 is 1. The van der Waals surface area contributed by atoms with Crippen molar-refractivity contribution < 1.29 is 28.2 Å². The Morgan fingerprint density at radius 2 is 1.74 bits per heavy atom. The summed E-state index contributed by atoms with van der Waals surface area (Å²) in [6.45, 7) is 4.27. The van der Waals surface area contributed by atoms with Gasteiger partial charge in [0.15, 0.2) is 0 Å². The van der Waals surface area contributed by atoms with Gasteiger partial charge in [0.25, 0.3) is 11.8 Å². The Hall–Kier alpha value is -4.46. The highest BCUT2D eigenvalue weighted by Crippen LogP contribution is 2.30. The molecule has 1 fully saturated rings. The molecule has 4 rings (SSSR count). The van der Waals surface area contributed by atoms with Crippen LogP contribution in [0.1, 0.15) is 22.3 Å². The highest BCUT2D eigenvalue weighted by Gasteiger charge is 2.38. The molecule has 3 aromatic carbocycles. The molecular formula is C27H23FN2O5. The van der Waals surface area contributed by atoms with Gasteiger partial charge in [-0.05, 0) is 60.9 Å². The van der Waals surface area contributed by atoms with E-state index in [1.807, 2.05) is 32.0 Å². The van der Waals surface area contributed by atoms with Crippen LogP contribution in [0, 0.1) is 19.7 Å². The number of hydrogen-bond acceptors (Lipinski definition) is 5. The lowest BCUT2D eigenvalue weighted by atomic mass is 10.1. The van der Waals surface area contributed by atoms with E-state index in [-0.39, 0.29) is 17.9 Å². The summed E-state index contributed by atoms with van der Waals surface area (Å²) >= 11 is 0. The number of rotatable bonds is 6. The van der Waals surface area contributed by atoms with Crippen molar-refractivity contribution in [2.75, 3.05) is 12.0 Å². The van der Waals surface area contributed by atoms with Crippen molar-refractivity contribution in [2.45, 2.75) is 20.5 Å². The monoisotopic (exact) mass is 474 g/mol. The normalized spacial score (nSPS) is 14.8. The number of amides is 4. The molecule has 0 aliphatic carbocycles. The van der Waals surface area contributed by atoms with Gasteiger partial charge in [0.05, 0.1) is 12.8 Å². The molecule has 7 nitrogen and oxygen atoms in total. The Morgan fingerprint density at radius 1 is 0.971 bits per heavy atom. The molecule has 0 aromatic heterocycles. The third-order valence-corrected chi connectivity index (χ3v) is 5.68. The van der Waals surface area contributed by atoms with Crippen molar-refractivity contribution in [3.8, 4) is 11.5 Å². The van der Waals surface area contributed by atoms with Crippen LogP contribution in [0.15, 0.2) is 66.2 Å². The minimum Gasteiger partial charge on any atom is -0.497 e. The van der Waals surface area contributed by atoms with Crippen molar-refractivity contribution >= 4 is 29.6 Å². The summed E-state index contributed by atoms with van der Waals surface area (Å²) in [7, 11) is 1.51. The fourth-order valence-electron chi connectivity index (χ4n) is 3.61. The van der Waals surface area contributed by atoms with E-state index in [4.69, 9.17) is 9.47 Å². The molecule has 1 aliphatic rings. The molecule has 1 aliphatic heterocycles. The van der Waals surface area contributed by atoms with Crippen LogP contribution >= 0.6 is 0 Å². The number of hydrogen-bond donors (Lipinski definition) is 1. The average molecular weight is 474 g/mol. The number of halogens is 1. The molecule has 1 N–H and O–H groups in total. The molecule has 0 spiro atoms. The summed E-state index contributed by atoms with van der Waals surface area (Å²) in [6, 6.07) is 15.2. The van der Waals surface area contributed by atoms with Crippen LogP contribution in [0.5, 0.6) is 11.5 Å². The molecule has 0 unspecified atom stereocenters. The largest absolute Gasteiger partial charge is 0.497 e. The van der Waals surface area contributed by atoms with E-state index < -0.39 is 23.7 Å². The van der Waals surface area contributed by atoms with E-state index in [2.05, 4.69) is 5.32 Å². The van der Waals surface area contributed by atoms with Crippen molar-refractivity contribution in [1.82, 2.24) is 5.32 Å². The highest BCUT2D eigenvalue weighted by molar-refractivity contribution is 6.39. The minimum atomic E-state index is -1.02. The van der Waals surface area contributed by atoms with E-state index in [0.717, 1.165) is 22.8 Å². The number of benzene rings is 3. The number of anilines is 1. The van der Waals surface area contributed by atoms with E-state index in [1.54, 1.807) is 18.2 Å². The Kier molecular flexibility index (Phi) is 6.64. The molecule has 0 atom stereocenters. The fourth-order valence-corrected chi connectivity index (χ4v) is 3.61. The summed E-state index contributed by atoms with van der Waals surface area (Å²) in [6.07, 6.45) is 1.31. The van der Waals surface area contributed by atoms with Crippen molar-refractivity contribution in [1.29, 1.82) is 0 Å². The van der Waals surface area contributed by atoms with Gasteiger partial charge in [-0.2, -0.15) is 0 Å². The van der Waals surface area contributed by atoms with Gasteiger partial charge in [0.2, 0.25) is 0 Å². The van der Waals surface area contributed by atoms with Crippen LogP contribution in [0.3, 0.4) is 0 Å². The molecule has 1 saturated heterocycles. The van der Waals surface area contributed by atoms with Gasteiger partial charge in [0, 0.05) is 11.6 Å². The maximum absolute atomic E-state index is 14.3. The maximum atomic E-state index is 14.3. The van der Waals surface area contributed by atoms with E-state index in [1.165, 1.54) is 31.4 Å². The Bertz CT molecular complexity index is 1370. The highest BCUT2D eigenvalue weighted by atomic mass is 19.1. The zero-order valence-corrected chi connectivity index (χ0v) is 19.4. The predicted octanol–water partition coefficient (Wildman–Crippen LogP) is 4.70. The molecule has 0 bridgehead atoms. The third kappa shape index (κ3) is 4.91. The van der Waals surface area contributed by atoms with Crippen LogP contribution < -0.4 is 19.7 Å². The predicted molar refractivity (Wildman–Crippen MR) is 129 cm³/mol. The van der Waals surface area contributed by atoms with Gasteiger partial charge in [-0.3, -0.25) is 14.9 Å². The smallest absolute Gasteiger partial charge is 0.336 e. The van der Waals surface area contributed by atoms with Crippen molar-refractivity contribution in [2.24, 2.45) is 0 Å². The second kappa shape index (κ2) is 9.80. The Labute approximate surface area is 201 Å². The van der Waals surface area contributed by atoms with Crippen molar-refractivity contribution in [3.63, 3.8) is 0 Å². The summed E-state index contributed by atoms with van der Waals surface area (Å²) in [5.41, 5.74) is 3.05. The summed E-state index contributed by atoms with van der Waals surface area (Å²) < 4.78 is 25.6.